The minimum Gasteiger partial charge on any atom is -0.389 e. The fourth-order valence-electron chi connectivity index (χ4n) is 1.38. The first-order valence-electron chi connectivity index (χ1n) is 5.04. The van der Waals surface area contributed by atoms with E-state index >= 15 is 0 Å². The van der Waals surface area contributed by atoms with E-state index in [0.717, 1.165) is 20.2 Å². The van der Waals surface area contributed by atoms with Gasteiger partial charge in [0.1, 0.15) is 10.8 Å². The first-order valence-corrected chi connectivity index (χ1v) is 7.03. The van der Waals surface area contributed by atoms with Gasteiger partial charge in [0.25, 0.3) is 0 Å². The molecule has 0 radical (unpaired) electrons. The largest absolute Gasteiger partial charge is 0.389 e. The van der Waals surface area contributed by atoms with E-state index in [0.29, 0.717) is 10.8 Å². The van der Waals surface area contributed by atoms with Crippen LogP contribution in [0.3, 0.4) is 0 Å². The lowest BCUT2D eigenvalue weighted by atomic mass is 10.2. The Morgan fingerprint density at radius 3 is 2.72 bits per heavy atom. The number of nitrogens with zero attached hydrogens (tertiary/aromatic N) is 1. The summed E-state index contributed by atoms with van der Waals surface area (Å²) in [4.78, 5) is 4.58. The van der Waals surface area contributed by atoms with Crippen molar-refractivity contribution in [1.82, 2.24) is 4.98 Å². The second-order valence-corrected chi connectivity index (χ2v) is 5.75. The molecule has 0 atom stereocenters. The smallest absolute Gasteiger partial charge is 0.131 e. The molecule has 1 aromatic carbocycles. The molecule has 1 heterocycles. The summed E-state index contributed by atoms with van der Waals surface area (Å²) in [6, 6.07) is 9.45. The number of nitrogens with two attached hydrogens (primary N) is 1. The number of anilines is 2. The summed E-state index contributed by atoms with van der Waals surface area (Å²) in [6.45, 7) is 0. The van der Waals surface area contributed by atoms with Gasteiger partial charge in [-0.15, -0.1) is 0 Å². The topological polar surface area (TPSA) is 50.9 Å². The molecule has 1 aromatic heterocycles. The van der Waals surface area contributed by atoms with Gasteiger partial charge in [0.15, 0.2) is 0 Å². The Hall–Kier alpha value is -0.980. The molecule has 0 saturated carbocycles. The Labute approximate surface area is 127 Å². The number of nitrogens with one attached hydrogen (secondary N) is 1. The van der Waals surface area contributed by atoms with E-state index in [-0.39, 0.29) is 0 Å². The number of benzene rings is 1. The first kappa shape index (κ1) is 13.5. The van der Waals surface area contributed by atoms with Crippen LogP contribution in [0.4, 0.5) is 11.5 Å². The SMILES string of the molecule is NC(=S)c1ccnc(Nc2cc(Br)ccc2Br)c1. The van der Waals surface area contributed by atoms with Crippen LogP contribution >= 0.6 is 44.1 Å². The maximum Gasteiger partial charge on any atom is 0.131 e. The number of pyridine rings is 1. The molecule has 6 heteroatoms. The predicted molar refractivity (Wildman–Crippen MR) is 85.2 cm³/mol. The fourth-order valence-corrected chi connectivity index (χ4v) is 2.22. The summed E-state index contributed by atoms with van der Waals surface area (Å²) in [5, 5.41) is 3.21. The van der Waals surface area contributed by atoms with Crippen LogP contribution in [0.2, 0.25) is 0 Å². The van der Waals surface area contributed by atoms with E-state index < -0.39 is 0 Å². The van der Waals surface area contributed by atoms with Gasteiger partial charge < -0.3 is 11.1 Å². The van der Waals surface area contributed by atoms with Crippen molar-refractivity contribution in [2.45, 2.75) is 0 Å². The van der Waals surface area contributed by atoms with Crippen molar-refractivity contribution in [3.63, 3.8) is 0 Å². The number of hydrogen-bond donors (Lipinski definition) is 2. The van der Waals surface area contributed by atoms with Crippen LogP contribution in [0.25, 0.3) is 0 Å². The van der Waals surface area contributed by atoms with Gasteiger partial charge in [-0.2, -0.15) is 0 Å². The van der Waals surface area contributed by atoms with E-state index in [9.17, 15) is 0 Å². The summed E-state index contributed by atoms with van der Waals surface area (Å²) < 4.78 is 1.94. The van der Waals surface area contributed by atoms with Gasteiger partial charge in [0, 0.05) is 20.7 Å². The van der Waals surface area contributed by atoms with Crippen LogP contribution in [0, 0.1) is 0 Å². The number of thiocarbonyl (C=S) groups is 1. The van der Waals surface area contributed by atoms with Crippen molar-refractivity contribution in [1.29, 1.82) is 0 Å². The second-order valence-electron chi connectivity index (χ2n) is 3.54. The first-order chi connectivity index (χ1) is 8.56. The van der Waals surface area contributed by atoms with Gasteiger partial charge in [0.2, 0.25) is 0 Å². The molecule has 18 heavy (non-hydrogen) atoms. The molecule has 0 saturated heterocycles. The van der Waals surface area contributed by atoms with Crippen molar-refractivity contribution >= 4 is 60.6 Å². The highest BCUT2D eigenvalue weighted by atomic mass is 79.9. The Balaban J connectivity index is 2.31. The van der Waals surface area contributed by atoms with Gasteiger partial charge in [-0.1, -0.05) is 28.1 Å². The molecule has 0 aliphatic rings. The zero-order valence-electron chi connectivity index (χ0n) is 9.15. The summed E-state index contributed by atoms with van der Waals surface area (Å²) >= 11 is 11.8. The second kappa shape index (κ2) is 5.77. The molecule has 3 nitrogen and oxygen atoms in total. The average Bonchev–Trinajstić information content (AvgIpc) is 2.34. The summed E-state index contributed by atoms with van der Waals surface area (Å²) in [5.41, 5.74) is 7.29. The standard InChI is InChI=1S/C12H9Br2N3S/c13-8-1-2-9(14)10(6-8)17-11-5-7(12(15)18)3-4-16-11/h1-6H,(H2,15,18)(H,16,17). The van der Waals surface area contributed by atoms with E-state index in [1.807, 2.05) is 24.3 Å². The number of rotatable bonds is 3. The lowest BCUT2D eigenvalue weighted by Crippen LogP contribution is -2.09. The molecular weight excluding hydrogens is 378 g/mol. The predicted octanol–water partition coefficient (Wildman–Crippen LogP) is 3.98. The lowest BCUT2D eigenvalue weighted by molar-refractivity contribution is 1.30. The Morgan fingerprint density at radius 2 is 2.00 bits per heavy atom. The molecule has 0 spiro atoms. The minimum atomic E-state index is 0.355. The lowest BCUT2D eigenvalue weighted by Gasteiger charge is -2.09. The third-order valence-electron chi connectivity index (χ3n) is 2.24. The average molecular weight is 387 g/mol. The molecule has 3 N–H and O–H groups in total. The molecule has 92 valence electrons. The minimum absolute atomic E-state index is 0.355. The number of hydrogen-bond acceptors (Lipinski definition) is 3. The van der Waals surface area contributed by atoms with Gasteiger partial charge in [-0.3, -0.25) is 0 Å². The number of halogens is 2. The van der Waals surface area contributed by atoms with Crippen LogP contribution in [0.15, 0.2) is 45.5 Å². The molecule has 2 rings (SSSR count). The highest BCUT2D eigenvalue weighted by Crippen LogP contribution is 2.28. The van der Waals surface area contributed by atoms with Crippen molar-refractivity contribution in [3.8, 4) is 0 Å². The van der Waals surface area contributed by atoms with Crippen molar-refractivity contribution in [2.75, 3.05) is 5.32 Å². The molecule has 0 fully saturated rings. The van der Waals surface area contributed by atoms with Crippen LogP contribution in [-0.4, -0.2) is 9.97 Å². The zero-order valence-corrected chi connectivity index (χ0v) is 13.1. The molecule has 0 amide bonds. The van der Waals surface area contributed by atoms with Crippen LogP contribution < -0.4 is 11.1 Å². The third kappa shape index (κ3) is 3.28. The van der Waals surface area contributed by atoms with Gasteiger partial charge >= 0.3 is 0 Å². The van der Waals surface area contributed by atoms with Gasteiger partial charge in [-0.05, 0) is 46.3 Å². The zero-order chi connectivity index (χ0) is 13.1. The van der Waals surface area contributed by atoms with Crippen molar-refractivity contribution in [3.05, 3.63) is 51.0 Å². The van der Waals surface area contributed by atoms with Gasteiger partial charge in [-0.25, -0.2) is 4.98 Å². The van der Waals surface area contributed by atoms with E-state index in [2.05, 4.69) is 42.2 Å². The van der Waals surface area contributed by atoms with Crippen LogP contribution in [0.1, 0.15) is 5.56 Å². The molecule has 2 aromatic rings. The van der Waals surface area contributed by atoms with E-state index in [1.165, 1.54) is 0 Å². The maximum atomic E-state index is 5.59. The highest BCUT2D eigenvalue weighted by molar-refractivity contribution is 9.11. The normalized spacial score (nSPS) is 10.1. The number of aromatic nitrogens is 1. The monoisotopic (exact) mass is 385 g/mol. The van der Waals surface area contributed by atoms with Crippen LogP contribution in [0.5, 0.6) is 0 Å². The Morgan fingerprint density at radius 1 is 1.22 bits per heavy atom. The Kier molecular flexibility index (Phi) is 4.31. The van der Waals surface area contributed by atoms with Crippen LogP contribution in [-0.2, 0) is 0 Å². The van der Waals surface area contributed by atoms with E-state index in [4.69, 9.17) is 18.0 Å². The van der Waals surface area contributed by atoms with E-state index in [1.54, 1.807) is 12.3 Å². The maximum absolute atomic E-state index is 5.59. The fraction of sp³-hybridized carbons (Fsp3) is 0. The summed E-state index contributed by atoms with van der Waals surface area (Å²) in [5.74, 6) is 0.694. The molecular formula is C12H9Br2N3S. The van der Waals surface area contributed by atoms with Crippen molar-refractivity contribution < 1.29 is 0 Å². The van der Waals surface area contributed by atoms with Crippen molar-refractivity contribution in [2.24, 2.45) is 5.73 Å². The molecule has 0 unspecified atom stereocenters. The summed E-state index contributed by atoms with van der Waals surface area (Å²) in [7, 11) is 0. The van der Waals surface area contributed by atoms with Gasteiger partial charge in [0.05, 0.1) is 5.69 Å². The Bertz CT molecular complexity index is 602. The molecule has 0 aliphatic carbocycles. The third-order valence-corrected chi connectivity index (χ3v) is 3.66. The highest BCUT2D eigenvalue weighted by Gasteiger charge is 2.04. The summed E-state index contributed by atoms with van der Waals surface area (Å²) in [6.07, 6.45) is 1.67. The molecule has 0 bridgehead atoms. The quantitative estimate of drug-likeness (QED) is 0.783. The molecule has 0 aliphatic heterocycles.